The highest BCUT2D eigenvalue weighted by Gasteiger charge is 2.21. The van der Waals surface area contributed by atoms with Crippen LogP contribution in [0.1, 0.15) is 44.6 Å². The Balaban J connectivity index is 2.15. The topological polar surface area (TPSA) is 87.6 Å². The Labute approximate surface area is 119 Å². The maximum Gasteiger partial charge on any atom is 0.173 e. The van der Waals surface area contributed by atoms with Crippen LogP contribution in [0.15, 0.2) is 17.4 Å². The molecule has 0 spiro atoms. The predicted octanol–water partition coefficient (Wildman–Crippen LogP) is 1.98. The fraction of sp³-hybridized carbons (Fsp3) is 0.643. The van der Waals surface area contributed by atoms with E-state index in [-0.39, 0.29) is 5.84 Å². The molecule has 1 aromatic rings. The lowest BCUT2D eigenvalue weighted by molar-refractivity contribution is 0.318. The standard InChI is InChI=1S/C14H23N5O/c1-2-4-11-5-3-9-19(10-7-11)14-12(13(15)18-20)6-8-16-17-14/h6,8,11,20H,2-5,7,9-10H2,1H3,(H2,15,18). The van der Waals surface area contributed by atoms with Gasteiger partial charge in [-0.3, -0.25) is 0 Å². The van der Waals surface area contributed by atoms with Crippen LogP contribution in [0.2, 0.25) is 0 Å². The Morgan fingerprint density at radius 2 is 2.35 bits per heavy atom. The molecule has 0 aromatic carbocycles. The van der Waals surface area contributed by atoms with E-state index in [4.69, 9.17) is 10.9 Å². The molecule has 110 valence electrons. The predicted molar refractivity (Wildman–Crippen MR) is 79.0 cm³/mol. The molecule has 2 heterocycles. The minimum Gasteiger partial charge on any atom is -0.409 e. The van der Waals surface area contributed by atoms with E-state index in [2.05, 4.69) is 27.2 Å². The van der Waals surface area contributed by atoms with E-state index in [9.17, 15) is 0 Å². The first kappa shape index (κ1) is 14.6. The van der Waals surface area contributed by atoms with Gasteiger partial charge in [-0.1, -0.05) is 24.9 Å². The van der Waals surface area contributed by atoms with E-state index >= 15 is 0 Å². The molecular weight excluding hydrogens is 254 g/mol. The molecule has 0 aliphatic carbocycles. The van der Waals surface area contributed by atoms with Crippen LogP contribution >= 0.6 is 0 Å². The quantitative estimate of drug-likeness (QED) is 0.380. The summed E-state index contributed by atoms with van der Waals surface area (Å²) < 4.78 is 0. The monoisotopic (exact) mass is 277 g/mol. The molecule has 1 saturated heterocycles. The molecule has 1 aliphatic heterocycles. The van der Waals surface area contributed by atoms with E-state index in [0.29, 0.717) is 5.56 Å². The van der Waals surface area contributed by atoms with Gasteiger partial charge in [0.25, 0.3) is 0 Å². The van der Waals surface area contributed by atoms with Gasteiger partial charge in [0.15, 0.2) is 11.7 Å². The van der Waals surface area contributed by atoms with Crippen LogP contribution in [0, 0.1) is 5.92 Å². The Hall–Kier alpha value is -1.85. The van der Waals surface area contributed by atoms with E-state index < -0.39 is 0 Å². The highest BCUT2D eigenvalue weighted by molar-refractivity contribution is 6.01. The summed E-state index contributed by atoms with van der Waals surface area (Å²) in [6, 6.07) is 1.74. The molecule has 1 unspecified atom stereocenters. The number of anilines is 1. The fourth-order valence-electron chi connectivity index (χ4n) is 2.89. The molecule has 1 fully saturated rings. The fourth-order valence-corrected chi connectivity index (χ4v) is 2.89. The van der Waals surface area contributed by atoms with Crippen LogP contribution in [0.4, 0.5) is 5.82 Å². The smallest absolute Gasteiger partial charge is 0.173 e. The zero-order chi connectivity index (χ0) is 14.4. The highest BCUT2D eigenvalue weighted by Crippen LogP contribution is 2.25. The van der Waals surface area contributed by atoms with Gasteiger partial charge in [-0.05, 0) is 31.2 Å². The van der Waals surface area contributed by atoms with Crippen molar-refractivity contribution in [2.75, 3.05) is 18.0 Å². The second-order valence-electron chi connectivity index (χ2n) is 5.33. The van der Waals surface area contributed by atoms with Gasteiger partial charge in [-0.2, -0.15) is 5.10 Å². The number of hydrogen-bond acceptors (Lipinski definition) is 5. The third-order valence-corrected chi connectivity index (χ3v) is 3.93. The molecule has 0 bridgehead atoms. The summed E-state index contributed by atoms with van der Waals surface area (Å²) in [6.45, 7) is 4.14. The zero-order valence-electron chi connectivity index (χ0n) is 12.0. The lowest BCUT2D eigenvalue weighted by atomic mass is 9.96. The van der Waals surface area contributed by atoms with Crippen molar-refractivity contribution >= 4 is 11.7 Å². The van der Waals surface area contributed by atoms with Gasteiger partial charge >= 0.3 is 0 Å². The number of aromatic nitrogens is 2. The van der Waals surface area contributed by atoms with Gasteiger partial charge in [0.05, 0.1) is 11.8 Å². The van der Waals surface area contributed by atoms with Crippen molar-refractivity contribution in [1.29, 1.82) is 0 Å². The van der Waals surface area contributed by atoms with Gasteiger partial charge in [0.1, 0.15) is 0 Å². The molecular formula is C14H23N5O. The van der Waals surface area contributed by atoms with Crippen molar-refractivity contribution in [3.8, 4) is 0 Å². The summed E-state index contributed by atoms with van der Waals surface area (Å²) in [6.07, 6.45) is 7.68. The largest absolute Gasteiger partial charge is 0.409 e. The summed E-state index contributed by atoms with van der Waals surface area (Å²) in [7, 11) is 0. The van der Waals surface area contributed by atoms with Crippen LogP contribution in [-0.2, 0) is 0 Å². The molecule has 2 rings (SSSR count). The minimum atomic E-state index is 0.0873. The first-order valence-electron chi connectivity index (χ1n) is 7.30. The van der Waals surface area contributed by atoms with Gasteiger partial charge in [0, 0.05) is 13.1 Å². The Bertz CT molecular complexity index is 463. The molecule has 0 radical (unpaired) electrons. The lowest BCUT2D eigenvalue weighted by Gasteiger charge is -2.23. The summed E-state index contributed by atoms with van der Waals surface area (Å²) in [5, 5.41) is 20.1. The SMILES string of the molecule is CCCC1CCCN(c2nnccc2/C(N)=N/O)CC1. The van der Waals surface area contributed by atoms with E-state index in [1.165, 1.54) is 25.7 Å². The number of oxime groups is 1. The van der Waals surface area contributed by atoms with Crippen molar-refractivity contribution < 1.29 is 5.21 Å². The molecule has 3 N–H and O–H groups in total. The summed E-state index contributed by atoms with van der Waals surface area (Å²) >= 11 is 0. The highest BCUT2D eigenvalue weighted by atomic mass is 16.4. The molecule has 6 heteroatoms. The lowest BCUT2D eigenvalue weighted by Crippen LogP contribution is -2.29. The van der Waals surface area contributed by atoms with Crippen LogP contribution in [0.25, 0.3) is 0 Å². The number of nitrogens with zero attached hydrogens (tertiary/aromatic N) is 4. The van der Waals surface area contributed by atoms with E-state index in [1.807, 2.05) is 0 Å². The minimum absolute atomic E-state index is 0.0873. The van der Waals surface area contributed by atoms with Crippen molar-refractivity contribution in [1.82, 2.24) is 10.2 Å². The van der Waals surface area contributed by atoms with Crippen LogP contribution in [0.3, 0.4) is 0 Å². The summed E-state index contributed by atoms with van der Waals surface area (Å²) in [5.41, 5.74) is 6.37. The average molecular weight is 277 g/mol. The molecule has 20 heavy (non-hydrogen) atoms. The zero-order valence-corrected chi connectivity index (χ0v) is 12.0. The van der Waals surface area contributed by atoms with E-state index in [1.54, 1.807) is 12.3 Å². The average Bonchev–Trinajstić information content (AvgIpc) is 2.72. The first-order chi connectivity index (χ1) is 9.76. The second-order valence-corrected chi connectivity index (χ2v) is 5.33. The number of rotatable bonds is 4. The van der Waals surface area contributed by atoms with Crippen molar-refractivity contribution in [2.45, 2.75) is 39.0 Å². The number of hydrogen-bond donors (Lipinski definition) is 2. The summed E-state index contributed by atoms with van der Waals surface area (Å²) in [4.78, 5) is 2.20. The third kappa shape index (κ3) is 3.37. The molecule has 1 atom stereocenters. The number of amidine groups is 1. The van der Waals surface area contributed by atoms with Crippen molar-refractivity contribution in [3.05, 3.63) is 17.8 Å². The Morgan fingerprint density at radius 1 is 1.50 bits per heavy atom. The first-order valence-corrected chi connectivity index (χ1v) is 7.30. The normalized spacial score (nSPS) is 20.8. The maximum absolute atomic E-state index is 8.87. The number of nitrogens with two attached hydrogens (primary N) is 1. The molecule has 1 aromatic heterocycles. The Kier molecular flexibility index (Phi) is 5.15. The molecule has 0 saturated carbocycles. The third-order valence-electron chi connectivity index (χ3n) is 3.93. The maximum atomic E-state index is 8.87. The Morgan fingerprint density at radius 3 is 3.10 bits per heavy atom. The van der Waals surface area contributed by atoms with Crippen LogP contribution < -0.4 is 10.6 Å². The van der Waals surface area contributed by atoms with E-state index in [0.717, 1.165) is 31.2 Å². The van der Waals surface area contributed by atoms with Gasteiger partial charge in [0.2, 0.25) is 0 Å². The van der Waals surface area contributed by atoms with Gasteiger partial charge in [-0.25, -0.2) is 0 Å². The van der Waals surface area contributed by atoms with Gasteiger partial charge < -0.3 is 15.8 Å². The summed E-state index contributed by atoms with van der Waals surface area (Å²) in [5.74, 6) is 1.61. The molecule has 6 nitrogen and oxygen atoms in total. The van der Waals surface area contributed by atoms with Crippen molar-refractivity contribution in [2.24, 2.45) is 16.8 Å². The van der Waals surface area contributed by atoms with Crippen LogP contribution in [-0.4, -0.2) is 34.3 Å². The molecule has 0 amide bonds. The molecule has 1 aliphatic rings. The van der Waals surface area contributed by atoms with Gasteiger partial charge in [-0.15, -0.1) is 5.10 Å². The van der Waals surface area contributed by atoms with Crippen LogP contribution in [0.5, 0.6) is 0 Å². The second kappa shape index (κ2) is 7.07. The van der Waals surface area contributed by atoms with Crippen molar-refractivity contribution in [3.63, 3.8) is 0 Å².